The van der Waals surface area contributed by atoms with Crippen molar-refractivity contribution in [3.05, 3.63) is 0 Å². The monoisotopic (exact) mass is 430 g/mol. The van der Waals surface area contributed by atoms with E-state index in [0.29, 0.717) is 16.9 Å². The standard InChI is InChI=1S/C29H50O2/c1-28-18-16-27-25(13-9-22-19-23(30)15-17-29(22,27)2)26(28)14-10-21(28)6-4-5-20-7-11-24(31-3)12-8-20/h20-27,30H,4-19H2,1-3H3/t20?,21-,22?,23?,24?,25?,26?,27?,28?,29?/m0/s1. The number of rotatable bonds is 5. The topological polar surface area (TPSA) is 29.5 Å². The van der Waals surface area contributed by atoms with Gasteiger partial charge in [-0.2, -0.15) is 0 Å². The molecule has 5 rings (SSSR count). The van der Waals surface area contributed by atoms with Crippen LogP contribution in [0.2, 0.25) is 0 Å². The quantitative estimate of drug-likeness (QED) is 0.493. The summed E-state index contributed by atoms with van der Waals surface area (Å²) >= 11 is 0. The van der Waals surface area contributed by atoms with E-state index in [1.807, 2.05) is 7.11 Å². The first-order valence-corrected chi connectivity index (χ1v) is 14.1. The zero-order valence-electron chi connectivity index (χ0n) is 20.8. The lowest BCUT2D eigenvalue weighted by Crippen LogP contribution is -2.53. The summed E-state index contributed by atoms with van der Waals surface area (Å²) < 4.78 is 5.57. The summed E-state index contributed by atoms with van der Waals surface area (Å²) in [6.45, 7) is 5.35. The molecule has 0 radical (unpaired) electrons. The predicted octanol–water partition coefficient (Wildman–Crippen LogP) is 7.38. The van der Waals surface area contributed by atoms with Gasteiger partial charge >= 0.3 is 0 Å². The zero-order chi connectivity index (χ0) is 21.6. The summed E-state index contributed by atoms with van der Waals surface area (Å²) in [5, 5.41) is 10.3. The van der Waals surface area contributed by atoms with Crippen molar-refractivity contribution in [2.24, 2.45) is 46.3 Å². The lowest BCUT2D eigenvalue weighted by molar-refractivity contribution is -0.127. The third kappa shape index (κ3) is 4.05. The number of aliphatic hydroxyl groups is 1. The Bertz CT molecular complexity index is 610. The van der Waals surface area contributed by atoms with Gasteiger partial charge in [0.15, 0.2) is 0 Å². The summed E-state index contributed by atoms with van der Waals surface area (Å²) in [5.41, 5.74) is 1.16. The van der Waals surface area contributed by atoms with E-state index in [9.17, 15) is 5.11 Å². The van der Waals surface area contributed by atoms with Crippen molar-refractivity contribution in [2.45, 2.75) is 129 Å². The molecule has 5 fully saturated rings. The minimum atomic E-state index is -0.0103. The van der Waals surface area contributed by atoms with Crippen molar-refractivity contribution in [2.75, 3.05) is 7.11 Å². The van der Waals surface area contributed by atoms with E-state index in [4.69, 9.17) is 4.74 Å². The van der Waals surface area contributed by atoms with Crippen LogP contribution >= 0.6 is 0 Å². The fourth-order valence-corrected chi connectivity index (χ4v) is 10.1. The van der Waals surface area contributed by atoms with E-state index in [-0.39, 0.29) is 6.10 Å². The maximum absolute atomic E-state index is 10.3. The molecule has 178 valence electrons. The number of hydrogen-bond acceptors (Lipinski definition) is 2. The largest absolute Gasteiger partial charge is 0.393 e. The molecule has 0 heterocycles. The lowest BCUT2D eigenvalue weighted by atomic mass is 9.44. The summed E-state index contributed by atoms with van der Waals surface area (Å²) in [4.78, 5) is 0. The van der Waals surface area contributed by atoms with Crippen LogP contribution in [0.4, 0.5) is 0 Å². The van der Waals surface area contributed by atoms with E-state index >= 15 is 0 Å². The SMILES string of the molecule is COC1CCC(CCC[C@H]2CCC3C4CCC5CC(O)CCC5(C)C4CCC32C)CC1. The molecule has 0 saturated heterocycles. The van der Waals surface area contributed by atoms with Crippen molar-refractivity contribution in [3.8, 4) is 0 Å². The fourth-order valence-electron chi connectivity index (χ4n) is 10.1. The summed E-state index contributed by atoms with van der Waals surface area (Å²) in [6.07, 6.45) is 22.7. The molecule has 0 bridgehead atoms. The van der Waals surface area contributed by atoms with Crippen LogP contribution in [-0.4, -0.2) is 24.4 Å². The van der Waals surface area contributed by atoms with Gasteiger partial charge in [-0.3, -0.25) is 0 Å². The Morgan fingerprint density at radius 3 is 2.29 bits per heavy atom. The molecular weight excluding hydrogens is 380 g/mol. The van der Waals surface area contributed by atoms with Crippen LogP contribution in [0.3, 0.4) is 0 Å². The number of hydrogen-bond donors (Lipinski definition) is 1. The molecule has 31 heavy (non-hydrogen) atoms. The molecule has 0 spiro atoms. The van der Waals surface area contributed by atoms with Crippen LogP contribution in [0.15, 0.2) is 0 Å². The zero-order valence-corrected chi connectivity index (χ0v) is 20.8. The maximum Gasteiger partial charge on any atom is 0.0571 e. The van der Waals surface area contributed by atoms with Gasteiger partial charge in [-0.15, -0.1) is 0 Å². The van der Waals surface area contributed by atoms with Gasteiger partial charge in [-0.25, -0.2) is 0 Å². The average molecular weight is 431 g/mol. The van der Waals surface area contributed by atoms with Crippen LogP contribution in [-0.2, 0) is 4.74 Å². The van der Waals surface area contributed by atoms with Gasteiger partial charge in [0, 0.05) is 7.11 Å². The van der Waals surface area contributed by atoms with Gasteiger partial charge in [0.05, 0.1) is 12.2 Å². The first-order chi connectivity index (χ1) is 14.9. The molecule has 0 aromatic rings. The molecule has 2 heteroatoms. The normalized spacial score (nSPS) is 52.3. The number of ether oxygens (including phenoxy) is 1. The van der Waals surface area contributed by atoms with Crippen LogP contribution in [0.5, 0.6) is 0 Å². The molecule has 0 aromatic heterocycles. The molecule has 0 aromatic carbocycles. The number of methoxy groups -OCH3 is 1. The van der Waals surface area contributed by atoms with Gasteiger partial charge in [0.25, 0.3) is 0 Å². The highest BCUT2D eigenvalue weighted by atomic mass is 16.5. The van der Waals surface area contributed by atoms with Gasteiger partial charge in [-0.1, -0.05) is 26.7 Å². The Balaban J connectivity index is 1.18. The van der Waals surface area contributed by atoms with Crippen molar-refractivity contribution >= 4 is 0 Å². The molecule has 2 nitrogen and oxygen atoms in total. The van der Waals surface area contributed by atoms with Gasteiger partial charge in [-0.05, 0) is 136 Å². The van der Waals surface area contributed by atoms with E-state index in [2.05, 4.69) is 13.8 Å². The second-order valence-electron chi connectivity index (χ2n) is 13.2. The van der Waals surface area contributed by atoms with Gasteiger partial charge < -0.3 is 9.84 Å². The molecule has 5 saturated carbocycles. The van der Waals surface area contributed by atoms with Crippen molar-refractivity contribution in [1.82, 2.24) is 0 Å². The Hall–Kier alpha value is -0.0800. The second kappa shape index (κ2) is 8.94. The van der Waals surface area contributed by atoms with Crippen LogP contribution in [0.1, 0.15) is 117 Å². The Morgan fingerprint density at radius 2 is 1.52 bits per heavy atom. The van der Waals surface area contributed by atoms with Crippen molar-refractivity contribution in [3.63, 3.8) is 0 Å². The van der Waals surface area contributed by atoms with Crippen LogP contribution < -0.4 is 0 Å². The number of aliphatic hydroxyl groups excluding tert-OH is 1. The smallest absolute Gasteiger partial charge is 0.0571 e. The minimum Gasteiger partial charge on any atom is -0.393 e. The van der Waals surface area contributed by atoms with Crippen molar-refractivity contribution in [1.29, 1.82) is 0 Å². The maximum atomic E-state index is 10.3. The fraction of sp³-hybridized carbons (Fsp3) is 1.00. The molecule has 8 atom stereocenters. The van der Waals surface area contributed by atoms with Gasteiger partial charge in [0.1, 0.15) is 0 Å². The first kappa shape index (κ1) is 22.7. The molecule has 5 aliphatic rings. The average Bonchev–Trinajstić information content (AvgIpc) is 3.11. The number of fused-ring (bicyclic) bond motifs is 5. The molecule has 5 aliphatic carbocycles. The van der Waals surface area contributed by atoms with E-state index in [1.165, 1.54) is 89.9 Å². The second-order valence-corrected chi connectivity index (χ2v) is 13.2. The Kier molecular flexibility index (Phi) is 6.54. The highest BCUT2D eigenvalue weighted by molar-refractivity contribution is 5.09. The van der Waals surface area contributed by atoms with Crippen molar-refractivity contribution < 1.29 is 9.84 Å². The Morgan fingerprint density at radius 1 is 0.774 bits per heavy atom. The van der Waals surface area contributed by atoms with E-state index in [0.717, 1.165) is 48.3 Å². The van der Waals surface area contributed by atoms with Gasteiger partial charge in [0.2, 0.25) is 0 Å². The third-order valence-electron chi connectivity index (χ3n) is 12.1. The Labute approximate surface area is 192 Å². The molecule has 7 unspecified atom stereocenters. The minimum absolute atomic E-state index is 0.0103. The molecule has 1 N–H and O–H groups in total. The molecule has 0 aliphatic heterocycles. The van der Waals surface area contributed by atoms with E-state index < -0.39 is 0 Å². The summed E-state index contributed by atoms with van der Waals surface area (Å²) in [7, 11) is 1.89. The third-order valence-corrected chi connectivity index (χ3v) is 12.1. The van der Waals surface area contributed by atoms with Crippen LogP contribution in [0, 0.1) is 46.3 Å². The molecule has 0 amide bonds. The van der Waals surface area contributed by atoms with Crippen LogP contribution in [0.25, 0.3) is 0 Å². The first-order valence-electron chi connectivity index (χ1n) is 14.1. The summed E-state index contributed by atoms with van der Waals surface area (Å²) in [5.74, 6) is 5.71. The van der Waals surface area contributed by atoms with E-state index in [1.54, 1.807) is 0 Å². The molecular formula is C29H50O2. The predicted molar refractivity (Wildman–Crippen MR) is 128 cm³/mol. The lowest BCUT2D eigenvalue weighted by Gasteiger charge is -2.61. The highest BCUT2D eigenvalue weighted by Crippen LogP contribution is 2.67. The highest BCUT2D eigenvalue weighted by Gasteiger charge is 2.59. The summed E-state index contributed by atoms with van der Waals surface area (Å²) in [6, 6.07) is 0.